The van der Waals surface area contributed by atoms with Crippen LogP contribution >= 0.6 is 0 Å². The second-order valence-electron chi connectivity index (χ2n) is 10.8. The Bertz CT molecular complexity index is 1370. The van der Waals surface area contributed by atoms with Gasteiger partial charge in [0.05, 0.1) is 22.9 Å². The van der Waals surface area contributed by atoms with Crippen LogP contribution in [0.5, 0.6) is 0 Å². The SMILES string of the molecule is CC1=C(CCCCCCN2CCN(C(=O)CCc3ccccc3)CC2)C(=O)N(c2ccc(C#N)c(C(F)(F)F)c2)C1=O. The number of piperazine rings is 1. The van der Waals surface area contributed by atoms with Gasteiger partial charge in [-0.1, -0.05) is 43.2 Å². The van der Waals surface area contributed by atoms with Gasteiger partial charge in [0.15, 0.2) is 0 Å². The number of nitriles is 1. The van der Waals surface area contributed by atoms with E-state index in [4.69, 9.17) is 5.26 Å². The summed E-state index contributed by atoms with van der Waals surface area (Å²) in [5.74, 6) is -1.04. The lowest BCUT2D eigenvalue weighted by Gasteiger charge is -2.34. The molecule has 10 heteroatoms. The Hall–Kier alpha value is -3.97. The van der Waals surface area contributed by atoms with Crippen molar-refractivity contribution in [3.63, 3.8) is 0 Å². The maximum Gasteiger partial charge on any atom is 0.417 e. The quantitative estimate of drug-likeness (QED) is 0.259. The van der Waals surface area contributed by atoms with E-state index in [2.05, 4.69) is 4.90 Å². The molecule has 0 N–H and O–H groups in total. The lowest BCUT2D eigenvalue weighted by molar-refractivity contribution is -0.138. The summed E-state index contributed by atoms with van der Waals surface area (Å²) < 4.78 is 40.2. The number of halogens is 3. The fourth-order valence-electron chi connectivity index (χ4n) is 5.48. The van der Waals surface area contributed by atoms with Gasteiger partial charge < -0.3 is 4.90 Å². The Kier molecular flexibility index (Phi) is 10.2. The number of rotatable bonds is 11. The number of imide groups is 1. The van der Waals surface area contributed by atoms with Crippen molar-refractivity contribution in [2.45, 2.75) is 58.0 Å². The van der Waals surface area contributed by atoms with Gasteiger partial charge in [-0.2, -0.15) is 18.4 Å². The number of aryl methyl sites for hydroxylation is 1. The van der Waals surface area contributed by atoms with E-state index in [1.54, 1.807) is 0 Å². The van der Waals surface area contributed by atoms with Gasteiger partial charge in [-0.05, 0) is 62.9 Å². The zero-order valence-electron chi connectivity index (χ0n) is 23.8. The molecule has 1 fully saturated rings. The monoisotopic (exact) mass is 580 g/mol. The first-order valence-corrected chi connectivity index (χ1v) is 14.3. The number of alkyl halides is 3. The van der Waals surface area contributed by atoms with Crippen molar-refractivity contribution in [2.24, 2.45) is 0 Å². The number of anilines is 1. The summed E-state index contributed by atoms with van der Waals surface area (Å²) >= 11 is 0. The highest BCUT2D eigenvalue weighted by Crippen LogP contribution is 2.37. The molecule has 222 valence electrons. The normalized spacial score (nSPS) is 16.4. The smallest absolute Gasteiger partial charge is 0.340 e. The van der Waals surface area contributed by atoms with Crippen molar-refractivity contribution < 1.29 is 27.6 Å². The zero-order chi connectivity index (χ0) is 30.3. The van der Waals surface area contributed by atoms with Crippen LogP contribution in [-0.4, -0.2) is 60.2 Å². The van der Waals surface area contributed by atoms with E-state index in [0.717, 1.165) is 69.4 Å². The highest BCUT2D eigenvalue weighted by Gasteiger charge is 2.39. The summed E-state index contributed by atoms with van der Waals surface area (Å²) in [6, 6.07) is 14.4. The predicted molar refractivity (Wildman–Crippen MR) is 152 cm³/mol. The molecule has 0 unspecified atom stereocenters. The number of hydrogen-bond donors (Lipinski definition) is 0. The molecule has 0 atom stereocenters. The van der Waals surface area contributed by atoms with Gasteiger partial charge in [-0.15, -0.1) is 0 Å². The Labute approximate surface area is 244 Å². The molecule has 0 aliphatic carbocycles. The summed E-state index contributed by atoms with van der Waals surface area (Å²) in [6.45, 7) is 5.62. The molecular weight excluding hydrogens is 545 g/mol. The molecule has 1 saturated heterocycles. The van der Waals surface area contributed by atoms with Crippen LogP contribution in [0.1, 0.15) is 62.1 Å². The minimum Gasteiger partial charge on any atom is -0.340 e. The molecule has 0 radical (unpaired) electrons. The van der Waals surface area contributed by atoms with E-state index < -0.39 is 29.1 Å². The molecule has 4 rings (SSSR count). The molecule has 0 aromatic heterocycles. The molecular formula is C32H35F3N4O3. The fraction of sp³-hybridized carbons (Fsp3) is 0.438. The molecule has 2 aliphatic heterocycles. The summed E-state index contributed by atoms with van der Waals surface area (Å²) in [4.78, 5) is 43.5. The average Bonchev–Trinajstić information content (AvgIpc) is 3.20. The Morgan fingerprint density at radius 2 is 1.60 bits per heavy atom. The molecule has 42 heavy (non-hydrogen) atoms. The maximum absolute atomic E-state index is 13.4. The van der Waals surface area contributed by atoms with Gasteiger partial charge in [0.1, 0.15) is 0 Å². The number of unbranched alkanes of at least 4 members (excludes halogenated alkanes) is 3. The first kappa shape index (κ1) is 31.0. The van der Waals surface area contributed by atoms with Crippen molar-refractivity contribution >= 4 is 23.4 Å². The topological polar surface area (TPSA) is 84.7 Å². The van der Waals surface area contributed by atoms with Crippen molar-refractivity contribution in [2.75, 3.05) is 37.6 Å². The molecule has 2 aromatic carbocycles. The molecule has 3 amide bonds. The first-order valence-electron chi connectivity index (χ1n) is 14.3. The van der Waals surface area contributed by atoms with E-state index in [1.807, 2.05) is 35.2 Å². The standard InChI is InChI=1S/C32H35F3N4O3/c1-23-27(31(42)39(30(23)41)26-14-13-25(22-36)28(21-26)32(33,34)35)11-7-2-3-8-16-37-17-19-38(20-18-37)29(40)15-12-24-9-5-4-6-10-24/h4-6,9-10,13-14,21H,2-3,7-8,11-12,15-20H2,1H3. The second-order valence-corrected chi connectivity index (χ2v) is 10.8. The Morgan fingerprint density at radius 1 is 0.905 bits per heavy atom. The van der Waals surface area contributed by atoms with E-state index in [9.17, 15) is 27.6 Å². The van der Waals surface area contributed by atoms with E-state index >= 15 is 0 Å². The van der Waals surface area contributed by atoms with Gasteiger partial charge >= 0.3 is 6.18 Å². The van der Waals surface area contributed by atoms with Crippen LogP contribution in [0, 0.1) is 11.3 Å². The molecule has 2 aliphatic rings. The van der Waals surface area contributed by atoms with E-state index in [1.165, 1.54) is 24.6 Å². The summed E-state index contributed by atoms with van der Waals surface area (Å²) in [6.07, 6.45) is 0.320. The predicted octanol–water partition coefficient (Wildman–Crippen LogP) is 5.49. The highest BCUT2D eigenvalue weighted by molar-refractivity contribution is 6.32. The molecule has 7 nitrogen and oxygen atoms in total. The van der Waals surface area contributed by atoms with Crippen LogP contribution in [0.4, 0.5) is 18.9 Å². The Balaban J connectivity index is 1.17. The van der Waals surface area contributed by atoms with E-state index in [-0.39, 0.29) is 17.2 Å². The van der Waals surface area contributed by atoms with E-state index in [0.29, 0.717) is 30.9 Å². The molecule has 2 heterocycles. The van der Waals surface area contributed by atoms with Gasteiger partial charge in [0.25, 0.3) is 11.8 Å². The number of carbonyl (C=O) groups excluding carboxylic acids is 3. The summed E-state index contributed by atoms with van der Waals surface area (Å²) in [5.41, 5.74) is -0.193. The van der Waals surface area contributed by atoms with Crippen molar-refractivity contribution in [1.82, 2.24) is 9.80 Å². The third-order valence-electron chi connectivity index (χ3n) is 7.97. The van der Waals surface area contributed by atoms with Crippen LogP contribution in [0.25, 0.3) is 0 Å². The van der Waals surface area contributed by atoms with Gasteiger partial charge in [0, 0.05) is 43.7 Å². The zero-order valence-corrected chi connectivity index (χ0v) is 23.8. The summed E-state index contributed by atoms with van der Waals surface area (Å²) in [7, 11) is 0. The molecule has 0 spiro atoms. The number of hydrogen-bond acceptors (Lipinski definition) is 5. The largest absolute Gasteiger partial charge is 0.417 e. The van der Waals surface area contributed by atoms with Crippen molar-refractivity contribution in [3.8, 4) is 6.07 Å². The van der Waals surface area contributed by atoms with Crippen LogP contribution < -0.4 is 4.90 Å². The van der Waals surface area contributed by atoms with Crippen LogP contribution in [0.15, 0.2) is 59.7 Å². The summed E-state index contributed by atoms with van der Waals surface area (Å²) in [5, 5.41) is 9.02. The molecule has 2 aromatic rings. The van der Waals surface area contributed by atoms with Gasteiger partial charge in [-0.3, -0.25) is 19.3 Å². The van der Waals surface area contributed by atoms with Gasteiger partial charge in [-0.25, -0.2) is 4.90 Å². The third kappa shape index (κ3) is 7.45. The Morgan fingerprint density at radius 3 is 2.26 bits per heavy atom. The minimum atomic E-state index is -4.79. The number of amides is 3. The fourth-order valence-corrected chi connectivity index (χ4v) is 5.48. The minimum absolute atomic E-state index is 0.191. The number of nitrogens with zero attached hydrogens (tertiary/aromatic N) is 4. The highest BCUT2D eigenvalue weighted by atomic mass is 19.4. The maximum atomic E-state index is 13.4. The van der Waals surface area contributed by atoms with Crippen LogP contribution in [-0.2, 0) is 27.0 Å². The number of benzene rings is 2. The lowest BCUT2D eigenvalue weighted by Crippen LogP contribution is -2.48. The third-order valence-corrected chi connectivity index (χ3v) is 7.97. The number of carbonyl (C=O) groups is 3. The first-order chi connectivity index (χ1) is 20.1. The molecule has 0 bridgehead atoms. The average molecular weight is 581 g/mol. The van der Waals surface area contributed by atoms with Crippen LogP contribution in [0.3, 0.4) is 0 Å². The van der Waals surface area contributed by atoms with Crippen molar-refractivity contribution in [1.29, 1.82) is 5.26 Å². The van der Waals surface area contributed by atoms with Gasteiger partial charge in [0.2, 0.25) is 5.91 Å². The lowest BCUT2D eigenvalue weighted by atomic mass is 10.0. The molecule has 0 saturated carbocycles. The van der Waals surface area contributed by atoms with Crippen LogP contribution in [0.2, 0.25) is 0 Å². The van der Waals surface area contributed by atoms with Crippen molar-refractivity contribution in [3.05, 3.63) is 76.4 Å². The second kappa shape index (κ2) is 13.8.